The lowest BCUT2D eigenvalue weighted by Crippen LogP contribution is -2.12. The van der Waals surface area contributed by atoms with Gasteiger partial charge in [-0.3, -0.25) is 9.27 Å². The fraction of sp³-hybridized carbons (Fsp3) is 0. The SMILES string of the molecule is O=S(=O)(O)c1nc2ccc(S(=O)(=O)Nc3ccc(Cl)cc3)cc2[nH]1. The molecule has 0 radical (unpaired) electrons. The molecule has 3 rings (SSSR count). The van der Waals surface area contributed by atoms with Crippen molar-refractivity contribution in [2.45, 2.75) is 10.1 Å². The summed E-state index contributed by atoms with van der Waals surface area (Å²) in [6, 6.07) is 9.91. The molecule has 1 aromatic heterocycles. The second-order valence-electron chi connectivity index (χ2n) is 4.81. The number of sulfonamides is 1. The summed E-state index contributed by atoms with van der Waals surface area (Å²) in [5.74, 6) is 0. The van der Waals surface area contributed by atoms with E-state index in [0.717, 1.165) is 0 Å². The molecule has 0 saturated carbocycles. The summed E-state index contributed by atoms with van der Waals surface area (Å²) < 4.78 is 58.3. The molecular weight excluding hydrogens is 378 g/mol. The molecule has 2 aromatic carbocycles. The molecule has 3 N–H and O–H groups in total. The number of aromatic amines is 1. The molecule has 126 valence electrons. The third-order valence-electron chi connectivity index (χ3n) is 3.08. The van der Waals surface area contributed by atoms with Crippen molar-refractivity contribution in [3.8, 4) is 0 Å². The van der Waals surface area contributed by atoms with Gasteiger partial charge in [0.25, 0.3) is 15.2 Å². The maximum Gasteiger partial charge on any atom is 0.328 e. The van der Waals surface area contributed by atoms with E-state index in [-0.39, 0.29) is 15.9 Å². The van der Waals surface area contributed by atoms with Crippen molar-refractivity contribution in [2.24, 2.45) is 0 Å². The highest BCUT2D eigenvalue weighted by molar-refractivity contribution is 7.92. The highest BCUT2D eigenvalue weighted by atomic mass is 35.5. The van der Waals surface area contributed by atoms with E-state index in [0.29, 0.717) is 10.7 Å². The number of halogens is 1. The molecule has 0 aliphatic heterocycles. The normalized spacial score (nSPS) is 12.4. The number of imidazole rings is 1. The second-order valence-corrected chi connectivity index (χ2v) is 8.26. The van der Waals surface area contributed by atoms with Gasteiger partial charge in [-0.2, -0.15) is 8.42 Å². The maximum absolute atomic E-state index is 12.4. The Bertz CT molecular complexity index is 1120. The number of H-pyrrole nitrogens is 1. The monoisotopic (exact) mass is 387 g/mol. The molecule has 0 spiro atoms. The zero-order valence-corrected chi connectivity index (χ0v) is 14.2. The zero-order valence-electron chi connectivity index (χ0n) is 11.8. The van der Waals surface area contributed by atoms with Crippen molar-refractivity contribution in [1.29, 1.82) is 0 Å². The predicted molar refractivity (Wildman–Crippen MR) is 88.2 cm³/mol. The first kappa shape index (κ1) is 16.7. The van der Waals surface area contributed by atoms with Crippen molar-refractivity contribution in [2.75, 3.05) is 4.72 Å². The van der Waals surface area contributed by atoms with Gasteiger partial charge in [-0.1, -0.05) is 11.6 Å². The molecular formula is C13H10ClN3O5S2. The molecule has 8 nitrogen and oxygen atoms in total. The Hall–Kier alpha value is -2.14. The zero-order chi connectivity index (χ0) is 17.5. The summed E-state index contributed by atoms with van der Waals surface area (Å²) in [6.45, 7) is 0. The van der Waals surface area contributed by atoms with Gasteiger partial charge in [0, 0.05) is 10.7 Å². The Kier molecular flexibility index (Phi) is 4.00. The van der Waals surface area contributed by atoms with Crippen molar-refractivity contribution >= 4 is 48.5 Å². The summed E-state index contributed by atoms with van der Waals surface area (Å²) in [5.41, 5.74) is 0.678. The van der Waals surface area contributed by atoms with E-state index < -0.39 is 25.3 Å². The first-order valence-corrected chi connectivity index (χ1v) is 9.71. The van der Waals surface area contributed by atoms with Crippen LogP contribution in [0.15, 0.2) is 52.5 Å². The average Bonchev–Trinajstić information content (AvgIpc) is 2.92. The molecule has 0 aliphatic rings. The third kappa shape index (κ3) is 3.36. The Labute approximate surface area is 142 Å². The number of nitrogens with zero attached hydrogens (tertiary/aromatic N) is 1. The van der Waals surface area contributed by atoms with Crippen LogP contribution in [0.2, 0.25) is 5.02 Å². The molecule has 0 bridgehead atoms. The largest absolute Gasteiger partial charge is 0.328 e. The number of nitrogens with one attached hydrogen (secondary N) is 2. The minimum absolute atomic E-state index is 0.101. The van der Waals surface area contributed by atoms with Crippen LogP contribution < -0.4 is 4.72 Å². The van der Waals surface area contributed by atoms with Crippen LogP contribution in [0.25, 0.3) is 11.0 Å². The fourth-order valence-corrected chi connectivity index (χ4v) is 3.65. The van der Waals surface area contributed by atoms with Gasteiger partial charge in [-0.25, -0.2) is 13.4 Å². The van der Waals surface area contributed by atoms with Gasteiger partial charge in [0.2, 0.25) is 0 Å². The Morgan fingerprint density at radius 1 is 1.04 bits per heavy atom. The first-order valence-electron chi connectivity index (χ1n) is 6.41. The second kappa shape index (κ2) is 5.74. The molecule has 0 unspecified atom stereocenters. The Morgan fingerprint density at radius 3 is 2.33 bits per heavy atom. The Morgan fingerprint density at radius 2 is 1.71 bits per heavy atom. The number of hydrogen-bond donors (Lipinski definition) is 3. The van der Waals surface area contributed by atoms with Gasteiger partial charge >= 0.3 is 10.1 Å². The lowest BCUT2D eigenvalue weighted by atomic mass is 10.3. The standard InChI is InChI=1S/C13H10ClN3O5S2/c14-8-1-3-9(4-2-8)17-23(18,19)10-5-6-11-12(7-10)16-13(15-11)24(20,21)22/h1-7,17H,(H,15,16)(H,20,21,22). The minimum Gasteiger partial charge on any atom is -0.327 e. The van der Waals surface area contributed by atoms with Crippen LogP contribution in [0.3, 0.4) is 0 Å². The van der Waals surface area contributed by atoms with E-state index in [1.54, 1.807) is 0 Å². The van der Waals surface area contributed by atoms with Crippen LogP contribution in [-0.2, 0) is 20.1 Å². The van der Waals surface area contributed by atoms with E-state index in [4.69, 9.17) is 16.2 Å². The van der Waals surface area contributed by atoms with Gasteiger partial charge in [0.15, 0.2) is 0 Å². The fourth-order valence-electron chi connectivity index (χ4n) is 1.99. The summed E-state index contributed by atoms with van der Waals surface area (Å²) in [5, 5.41) is -0.188. The van der Waals surface area contributed by atoms with Gasteiger partial charge in [0.1, 0.15) is 0 Å². The van der Waals surface area contributed by atoms with E-state index in [9.17, 15) is 16.8 Å². The molecule has 0 saturated heterocycles. The molecule has 24 heavy (non-hydrogen) atoms. The summed E-state index contributed by atoms with van der Waals surface area (Å²) in [6.07, 6.45) is 0. The number of anilines is 1. The molecule has 11 heteroatoms. The molecule has 0 aliphatic carbocycles. The number of fused-ring (bicyclic) bond motifs is 1. The summed E-state index contributed by atoms with van der Waals surface area (Å²) in [4.78, 5) is 5.94. The van der Waals surface area contributed by atoms with Crippen molar-refractivity contribution in [1.82, 2.24) is 9.97 Å². The van der Waals surface area contributed by atoms with E-state index in [2.05, 4.69) is 14.7 Å². The number of rotatable bonds is 4. The smallest absolute Gasteiger partial charge is 0.327 e. The molecule has 0 atom stereocenters. The predicted octanol–water partition coefficient (Wildman–Crippen LogP) is 2.26. The van der Waals surface area contributed by atoms with Crippen LogP contribution in [0, 0.1) is 0 Å². The number of hydrogen-bond acceptors (Lipinski definition) is 5. The quantitative estimate of drug-likeness (QED) is 0.589. The highest BCUT2D eigenvalue weighted by Crippen LogP contribution is 2.22. The van der Waals surface area contributed by atoms with Crippen molar-refractivity contribution < 1.29 is 21.4 Å². The van der Waals surface area contributed by atoms with Crippen molar-refractivity contribution in [3.63, 3.8) is 0 Å². The Balaban J connectivity index is 2.00. The van der Waals surface area contributed by atoms with Crippen LogP contribution >= 0.6 is 11.6 Å². The van der Waals surface area contributed by atoms with Gasteiger partial charge in [-0.15, -0.1) is 0 Å². The van der Waals surface area contributed by atoms with Gasteiger partial charge in [0.05, 0.1) is 15.9 Å². The van der Waals surface area contributed by atoms with Gasteiger partial charge in [-0.05, 0) is 42.5 Å². The summed E-state index contributed by atoms with van der Waals surface area (Å²) in [7, 11) is -8.41. The molecule has 1 heterocycles. The minimum atomic E-state index is -4.51. The number of benzene rings is 2. The van der Waals surface area contributed by atoms with Crippen LogP contribution in [0.5, 0.6) is 0 Å². The number of aromatic nitrogens is 2. The average molecular weight is 388 g/mol. The maximum atomic E-state index is 12.4. The van der Waals surface area contributed by atoms with E-state index in [1.807, 2.05) is 0 Å². The highest BCUT2D eigenvalue weighted by Gasteiger charge is 2.19. The van der Waals surface area contributed by atoms with Crippen LogP contribution in [0.1, 0.15) is 0 Å². The lowest BCUT2D eigenvalue weighted by Gasteiger charge is -2.08. The van der Waals surface area contributed by atoms with Crippen LogP contribution in [0.4, 0.5) is 5.69 Å². The van der Waals surface area contributed by atoms with E-state index in [1.165, 1.54) is 42.5 Å². The lowest BCUT2D eigenvalue weighted by molar-refractivity contribution is 0.476. The molecule has 0 fully saturated rings. The van der Waals surface area contributed by atoms with Crippen molar-refractivity contribution in [3.05, 3.63) is 47.5 Å². The van der Waals surface area contributed by atoms with E-state index >= 15 is 0 Å². The molecule has 3 aromatic rings. The summed E-state index contributed by atoms with van der Waals surface area (Å²) >= 11 is 5.75. The third-order valence-corrected chi connectivity index (χ3v) is 5.40. The molecule has 0 amide bonds. The van der Waals surface area contributed by atoms with Crippen LogP contribution in [-0.4, -0.2) is 31.4 Å². The topological polar surface area (TPSA) is 129 Å². The van der Waals surface area contributed by atoms with Gasteiger partial charge < -0.3 is 4.98 Å². The first-order chi connectivity index (χ1) is 11.1.